The van der Waals surface area contributed by atoms with Crippen molar-refractivity contribution in [1.29, 1.82) is 0 Å². The number of aldehydes is 1. The number of carbonyl (C=O) groups excluding carboxylic acids is 1. The normalized spacial score (nSPS) is 32.5. The van der Waals surface area contributed by atoms with Gasteiger partial charge in [-0.3, -0.25) is 0 Å². The van der Waals surface area contributed by atoms with Crippen molar-refractivity contribution < 1.29 is 4.79 Å². The van der Waals surface area contributed by atoms with E-state index >= 15 is 0 Å². The molecule has 1 rings (SSSR count). The molecular formula is C9H16O. The van der Waals surface area contributed by atoms with E-state index in [9.17, 15) is 4.79 Å². The summed E-state index contributed by atoms with van der Waals surface area (Å²) in [6.45, 7) is 2.31. The van der Waals surface area contributed by atoms with E-state index in [1.165, 1.54) is 19.3 Å². The summed E-state index contributed by atoms with van der Waals surface area (Å²) in [5.41, 5.74) is 0. The van der Waals surface area contributed by atoms with E-state index in [0.29, 0.717) is 0 Å². The summed E-state index contributed by atoms with van der Waals surface area (Å²) in [7, 11) is 0. The van der Waals surface area contributed by atoms with Gasteiger partial charge in [-0.2, -0.15) is 0 Å². The number of carbonyl (C=O) groups is 1. The summed E-state index contributed by atoms with van der Waals surface area (Å²) in [4.78, 5) is 10.1. The molecule has 2 atom stereocenters. The monoisotopic (exact) mass is 140 g/mol. The Morgan fingerprint density at radius 3 is 2.80 bits per heavy atom. The summed E-state index contributed by atoms with van der Waals surface area (Å²) in [6, 6.07) is 0. The fourth-order valence-corrected chi connectivity index (χ4v) is 1.93. The first-order valence-electron chi connectivity index (χ1n) is 4.28. The molecule has 10 heavy (non-hydrogen) atoms. The topological polar surface area (TPSA) is 17.1 Å². The quantitative estimate of drug-likeness (QED) is 0.550. The summed E-state index contributed by atoms with van der Waals surface area (Å²) < 4.78 is 0. The van der Waals surface area contributed by atoms with Crippen molar-refractivity contribution in [2.45, 2.75) is 39.0 Å². The van der Waals surface area contributed by atoms with Crippen LogP contribution in [0.2, 0.25) is 0 Å². The third-order valence-electron chi connectivity index (χ3n) is 2.69. The van der Waals surface area contributed by atoms with E-state index in [4.69, 9.17) is 0 Å². The Bertz CT molecular complexity index is 109. The molecule has 1 aliphatic carbocycles. The molecule has 58 valence electrons. The summed E-state index contributed by atoms with van der Waals surface area (Å²) in [5, 5.41) is 0. The minimum absolute atomic E-state index is 0.773. The highest BCUT2D eigenvalue weighted by molar-refractivity contribution is 5.49. The number of hydrogen-bond acceptors (Lipinski definition) is 1. The lowest BCUT2D eigenvalue weighted by atomic mass is 9.94. The molecule has 0 spiro atoms. The van der Waals surface area contributed by atoms with Crippen molar-refractivity contribution >= 4 is 6.29 Å². The maximum atomic E-state index is 10.1. The molecule has 0 bridgehead atoms. The first-order valence-corrected chi connectivity index (χ1v) is 4.28. The first kappa shape index (κ1) is 7.77. The molecule has 0 heterocycles. The maximum absolute atomic E-state index is 10.1. The Kier molecular flexibility index (Phi) is 2.91. The van der Waals surface area contributed by atoms with Crippen LogP contribution in [0.4, 0.5) is 0 Å². The van der Waals surface area contributed by atoms with Crippen molar-refractivity contribution in [3.8, 4) is 0 Å². The number of hydrogen-bond donors (Lipinski definition) is 0. The van der Waals surface area contributed by atoms with Crippen LogP contribution < -0.4 is 0 Å². The molecule has 1 nitrogen and oxygen atoms in total. The molecule has 0 aromatic rings. The maximum Gasteiger partial charge on any atom is 0.120 e. The molecule has 1 fully saturated rings. The van der Waals surface area contributed by atoms with Crippen LogP contribution in [-0.4, -0.2) is 6.29 Å². The fourth-order valence-electron chi connectivity index (χ4n) is 1.93. The first-order chi connectivity index (χ1) is 4.84. The second kappa shape index (κ2) is 3.75. The predicted molar refractivity (Wildman–Crippen MR) is 41.8 cm³/mol. The van der Waals surface area contributed by atoms with E-state index in [1.807, 2.05) is 0 Å². The SMILES string of the molecule is CC1CCCC1CCC=O. The van der Waals surface area contributed by atoms with Gasteiger partial charge in [-0.05, 0) is 18.3 Å². The highest BCUT2D eigenvalue weighted by Crippen LogP contribution is 2.33. The van der Waals surface area contributed by atoms with Crippen LogP contribution in [-0.2, 0) is 4.79 Å². The van der Waals surface area contributed by atoms with Gasteiger partial charge >= 0.3 is 0 Å². The molecule has 1 aliphatic rings. The van der Waals surface area contributed by atoms with Crippen molar-refractivity contribution in [3.05, 3.63) is 0 Å². The van der Waals surface area contributed by atoms with E-state index < -0.39 is 0 Å². The molecule has 0 amide bonds. The zero-order valence-electron chi connectivity index (χ0n) is 6.68. The summed E-state index contributed by atoms with van der Waals surface area (Å²) >= 11 is 0. The second-order valence-corrected chi connectivity index (χ2v) is 3.41. The molecular weight excluding hydrogens is 124 g/mol. The van der Waals surface area contributed by atoms with Gasteiger partial charge < -0.3 is 4.79 Å². The van der Waals surface area contributed by atoms with Crippen LogP contribution in [0.15, 0.2) is 0 Å². The Balaban J connectivity index is 2.19. The average molecular weight is 140 g/mol. The Morgan fingerprint density at radius 2 is 2.30 bits per heavy atom. The lowest BCUT2D eigenvalue weighted by Gasteiger charge is -2.12. The van der Waals surface area contributed by atoms with Gasteiger partial charge in [0.05, 0.1) is 0 Å². The largest absolute Gasteiger partial charge is 0.303 e. The minimum Gasteiger partial charge on any atom is -0.303 e. The third-order valence-corrected chi connectivity index (χ3v) is 2.69. The Hall–Kier alpha value is -0.330. The lowest BCUT2D eigenvalue weighted by Crippen LogP contribution is -2.03. The third kappa shape index (κ3) is 1.83. The van der Waals surface area contributed by atoms with E-state index in [0.717, 1.165) is 31.0 Å². The predicted octanol–water partition coefficient (Wildman–Crippen LogP) is 2.40. The van der Waals surface area contributed by atoms with Gasteiger partial charge in [-0.25, -0.2) is 0 Å². The molecule has 0 N–H and O–H groups in total. The smallest absolute Gasteiger partial charge is 0.120 e. The van der Waals surface area contributed by atoms with Gasteiger partial charge in [0.2, 0.25) is 0 Å². The molecule has 0 aromatic carbocycles. The van der Waals surface area contributed by atoms with Crippen LogP contribution in [0.5, 0.6) is 0 Å². The van der Waals surface area contributed by atoms with Gasteiger partial charge in [0, 0.05) is 6.42 Å². The average Bonchev–Trinajstić information content (AvgIpc) is 2.31. The molecule has 0 aliphatic heterocycles. The van der Waals surface area contributed by atoms with E-state index in [-0.39, 0.29) is 0 Å². The summed E-state index contributed by atoms with van der Waals surface area (Å²) in [5.74, 6) is 1.73. The zero-order valence-corrected chi connectivity index (χ0v) is 6.68. The number of rotatable bonds is 3. The van der Waals surface area contributed by atoms with Crippen LogP contribution in [0.1, 0.15) is 39.0 Å². The zero-order chi connectivity index (χ0) is 7.40. The molecule has 0 radical (unpaired) electrons. The lowest BCUT2D eigenvalue weighted by molar-refractivity contribution is -0.108. The van der Waals surface area contributed by atoms with Gasteiger partial charge in [0.25, 0.3) is 0 Å². The molecule has 2 unspecified atom stereocenters. The Labute approximate surface area is 62.8 Å². The van der Waals surface area contributed by atoms with Gasteiger partial charge in [-0.15, -0.1) is 0 Å². The van der Waals surface area contributed by atoms with Crippen molar-refractivity contribution in [3.63, 3.8) is 0 Å². The van der Waals surface area contributed by atoms with Crippen molar-refractivity contribution in [2.24, 2.45) is 11.8 Å². The standard InChI is InChI=1S/C9H16O/c1-8-4-2-5-9(8)6-3-7-10/h7-9H,2-6H2,1H3. The van der Waals surface area contributed by atoms with Crippen LogP contribution in [0, 0.1) is 11.8 Å². The van der Waals surface area contributed by atoms with E-state index in [2.05, 4.69) is 6.92 Å². The second-order valence-electron chi connectivity index (χ2n) is 3.41. The van der Waals surface area contributed by atoms with Crippen molar-refractivity contribution in [1.82, 2.24) is 0 Å². The van der Waals surface area contributed by atoms with Crippen LogP contribution >= 0.6 is 0 Å². The van der Waals surface area contributed by atoms with Gasteiger partial charge in [0.15, 0.2) is 0 Å². The van der Waals surface area contributed by atoms with Crippen LogP contribution in [0.3, 0.4) is 0 Å². The Morgan fingerprint density at radius 1 is 1.50 bits per heavy atom. The van der Waals surface area contributed by atoms with Crippen LogP contribution in [0.25, 0.3) is 0 Å². The summed E-state index contributed by atoms with van der Waals surface area (Å²) in [6.07, 6.45) is 7.06. The minimum atomic E-state index is 0.773. The van der Waals surface area contributed by atoms with Gasteiger partial charge in [0.1, 0.15) is 6.29 Å². The van der Waals surface area contributed by atoms with Crippen molar-refractivity contribution in [2.75, 3.05) is 0 Å². The van der Waals surface area contributed by atoms with E-state index in [1.54, 1.807) is 0 Å². The molecule has 0 aromatic heterocycles. The highest BCUT2D eigenvalue weighted by atomic mass is 16.1. The molecule has 1 heteroatoms. The highest BCUT2D eigenvalue weighted by Gasteiger charge is 2.22. The molecule has 0 saturated heterocycles. The molecule has 1 saturated carbocycles. The van der Waals surface area contributed by atoms with Gasteiger partial charge in [-0.1, -0.05) is 26.2 Å². The fraction of sp³-hybridized carbons (Fsp3) is 0.889.